The number of methoxy groups -OCH3 is 1. The first-order valence-electron chi connectivity index (χ1n) is 5.34. The van der Waals surface area contributed by atoms with E-state index in [2.05, 4.69) is 10.1 Å². The quantitative estimate of drug-likeness (QED) is 0.485. The molecule has 0 N–H and O–H groups in total. The first-order chi connectivity index (χ1) is 8.27. The summed E-state index contributed by atoms with van der Waals surface area (Å²) in [7, 11) is 1.61. The molecule has 1 heterocycles. The SMILES string of the molecule is CCOC(=O)c1nc(CCOCCOC)no1. The molecule has 7 nitrogen and oxygen atoms in total. The summed E-state index contributed by atoms with van der Waals surface area (Å²) in [6.07, 6.45) is 0.479. The van der Waals surface area contributed by atoms with Gasteiger partial charge in [0.05, 0.1) is 26.4 Å². The maximum absolute atomic E-state index is 11.2. The highest BCUT2D eigenvalue weighted by molar-refractivity contribution is 5.83. The summed E-state index contributed by atoms with van der Waals surface area (Å²) < 4.78 is 19.5. The molecule has 0 saturated heterocycles. The van der Waals surface area contributed by atoms with Crippen molar-refractivity contribution in [2.45, 2.75) is 13.3 Å². The second-order valence-corrected chi connectivity index (χ2v) is 3.09. The van der Waals surface area contributed by atoms with Crippen LogP contribution >= 0.6 is 0 Å². The van der Waals surface area contributed by atoms with Crippen LogP contribution in [0.4, 0.5) is 0 Å². The van der Waals surface area contributed by atoms with Gasteiger partial charge in [-0.3, -0.25) is 0 Å². The van der Waals surface area contributed by atoms with Gasteiger partial charge in [-0.05, 0) is 6.92 Å². The van der Waals surface area contributed by atoms with Gasteiger partial charge in [-0.25, -0.2) is 4.79 Å². The van der Waals surface area contributed by atoms with E-state index < -0.39 is 5.97 Å². The fraction of sp³-hybridized carbons (Fsp3) is 0.700. The molecule has 0 radical (unpaired) electrons. The third-order valence-corrected chi connectivity index (χ3v) is 1.82. The third kappa shape index (κ3) is 4.92. The van der Waals surface area contributed by atoms with Crippen molar-refractivity contribution in [3.05, 3.63) is 11.7 Å². The fourth-order valence-corrected chi connectivity index (χ4v) is 1.04. The predicted octanol–water partition coefficient (Wildman–Crippen LogP) is 0.452. The van der Waals surface area contributed by atoms with E-state index in [1.165, 1.54) is 0 Å². The Bertz CT molecular complexity index is 339. The van der Waals surface area contributed by atoms with Gasteiger partial charge in [0.2, 0.25) is 0 Å². The van der Waals surface area contributed by atoms with Crippen LogP contribution in [-0.2, 0) is 20.6 Å². The standard InChI is InChI=1S/C10H16N2O5/c1-3-16-10(13)9-11-8(12-17-9)4-5-15-7-6-14-2/h3-7H2,1-2H3. The fourth-order valence-electron chi connectivity index (χ4n) is 1.04. The lowest BCUT2D eigenvalue weighted by molar-refractivity contribution is 0.0470. The van der Waals surface area contributed by atoms with Crippen LogP contribution < -0.4 is 0 Å². The number of carbonyl (C=O) groups is 1. The van der Waals surface area contributed by atoms with Gasteiger partial charge in [-0.15, -0.1) is 0 Å². The summed E-state index contributed by atoms with van der Waals surface area (Å²) in [5.74, 6) is -0.309. The maximum atomic E-state index is 11.2. The van der Waals surface area contributed by atoms with Crippen molar-refractivity contribution in [2.24, 2.45) is 0 Å². The number of hydrogen-bond donors (Lipinski definition) is 0. The Kier molecular flexibility index (Phi) is 6.19. The zero-order valence-electron chi connectivity index (χ0n) is 9.97. The summed E-state index contributed by atoms with van der Waals surface area (Å²) in [6, 6.07) is 0. The summed E-state index contributed by atoms with van der Waals surface area (Å²) in [5.41, 5.74) is 0. The Labute approximate surface area is 99.0 Å². The number of hydrogen-bond acceptors (Lipinski definition) is 7. The van der Waals surface area contributed by atoms with E-state index in [0.29, 0.717) is 32.1 Å². The number of esters is 1. The van der Waals surface area contributed by atoms with Gasteiger partial charge < -0.3 is 18.7 Å². The lowest BCUT2D eigenvalue weighted by atomic mass is 10.4. The molecule has 0 spiro atoms. The van der Waals surface area contributed by atoms with Crippen molar-refractivity contribution in [3.8, 4) is 0 Å². The third-order valence-electron chi connectivity index (χ3n) is 1.82. The largest absolute Gasteiger partial charge is 0.459 e. The average Bonchev–Trinajstić information content (AvgIpc) is 2.78. The molecule has 0 saturated carbocycles. The number of aromatic nitrogens is 2. The Morgan fingerprint density at radius 3 is 2.88 bits per heavy atom. The van der Waals surface area contributed by atoms with E-state index in [9.17, 15) is 4.79 Å². The van der Waals surface area contributed by atoms with Crippen molar-refractivity contribution in [1.29, 1.82) is 0 Å². The van der Waals surface area contributed by atoms with Crippen molar-refractivity contribution >= 4 is 5.97 Å². The van der Waals surface area contributed by atoms with E-state index in [4.69, 9.17) is 18.7 Å². The van der Waals surface area contributed by atoms with Gasteiger partial charge in [0, 0.05) is 13.5 Å². The van der Waals surface area contributed by atoms with Crippen LogP contribution in [0.5, 0.6) is 0 Å². The predicted molar refractivity (Wildman–Crippen MR) is 56.7 cm³/mol. The lowest BCUT2D eigenvalue weighted by Gasteiger charge is -1.99. The zero-order chi connectivity index (χ0) is 12.5. The minimum absolute atomic E-state index is 0.126. The molecule has 1 aromatic rings. The molecule has 0 unspecified atom stereocenters. The van der Waals surface area contributed by atoms with Gasteiger partial charge in [0.15, 0.2) is 5.82 Å². The molecular formula is C10H16N2O5. The Morgan fingerprint density at radius 2 is 2.18 bits per heavy atom. The van der Waals surface area contributed by atoms with Crippen molar-refractivity contribution < 1.29 is 23.5 Å². The van der Waals surface area contributed by atoms with E-state index in [-0.39, 0.29) is 12.5 Å². The molecule has 1 rings (SSSR count). The topological polar surface area (TPSA) is 83.7 Å². The normalized spacial score (nSPS) is 10.5. The van der Waals surface area contributed by atoms with E-state index >= 15 is 0 Å². The Hall–Kier alpha value is -1.47. The van der Waals surface area contributed by atoms with Gasteiger partial charge in [0.1, 0.15) is 0 Å². The van der Waals surface area contributed by atoms with Crippen LogP contribution in [0.2, 0.25) is 0 Å². The summed E-state index contributed by atoms with van der Waals surface area (Å²) in [4.78, 5) is 15.1. The van der Waals surface area contributed by atoms with Gasteiger partial charge in [0.25, 0.3) is 0 Å². The second kappa shape index (κ2) is 7.75. The monoisotopic (exact) mass is 244 g/mol. The summed E-state index contributed by atoms with van der Waals surface area (Å²) in [5, 5.41) is 3.64. The number of ether oxygens (including phenoxy) is 3. The van der Waals surface area contributed by atoms with E-state index in [1.807, 2.05) is 0 Å². The van der Waals surface area contributed by atoms with Gasteiger partial charge in [-0.2, -0.15) is 4.98 Å². The van der Waals surface area contributed by atoms with Crippen LogP contribution in [0.15, 0.2) is 4.52 Å². The molecule has 1 aromatic heterocycles. The minimum Gasteiger partial charge on any atom is -0.459 e. The summed E-state index contributed by atoms with van der Waals surface area (Å²) >= 11 is 0. The zero-order valence-corrected chi connectivity index (χ0v) is 9.97. The molecule has 0 bridgehead atoms. The smallest absolute Gasteiger partial charge is 0.397 e. The van der Waals surface area contributed by atoms with Gasteiger partial charge >= 0.3 is 11.9 Å². The Morgan fingerprint density at radius 1 is 1.35 bits per heavy atom. The number of rotatable bonds is 8. The van der Waals surface area contributed by atoms with E-state index in [0.717, 1.165) is 0 Å². The van der Waals surface area contributed by atoms with Gasteiger partial charge in [-0.1, -0.05) is 5.16 Å². The van der Waals surface area contributed by atoms with E-state index in [1.54, 1.807) is 14.0 Å². The van der Waals surface area contributed by atoms with Crippen LogP contribution in [0, 0.1) is 0 Å². The second-order valence-electron chi connectivity index (χ2n) is 3.09. The molecule has 0 amide bonds. The Balaban J connectivity index is 2.28. The maximum Gasteiger partial charge on any atom is 0.397 e. The number of nitrogens with zero attached hydrogens (tertiary/aromatic N) is 2. The van der Waals surface area contributed by atoms with Crippen molar-refractivity contribution in [3.63, 3.8) is 0 Å². The molecular weight excluding hydrogens is 228 g/mol. The molecule has 96 valence electrons. The van der Waals surface area contributed by atoms with Crippen LogP contribution in [0.25, 0.3) is 0 Å². The number of carbonyl (C=O) groups excluding carboxylic acids is 1. The van der Waals surface area contributed by atoms with Crippen LogP contribution in [-0.4, -0.2) is 49.6 Å². The molecule has 0 fully saturated rings. The summed E-state index contributed by atoms with van der Waals surface area (Å²) in [6.45, 7) is 3.49. The molecule has 0 atom stereocenters. The highest BCUT2D eigenvalue weighted by atomic mass is 16.6. The highest BCUT2D eigenvalue weighted by Crippen LogP contribution is 2.00. The molecule has 0 aliphatic rings. The molecule has 0 aliphatic carbocycles. The first kappa shape index (κ1) is 13.6. The molecule has 7 heteroatoms. The molecule has 17 heavy (non-hydrogen) atoms. The average molecular weight is 244 g/mol. The minimum atomic E-state index is -0.605. The van der Waals surface area contributed by atoms with Crippen molar-refractivity contribution in [1.82, 2.24) is 10.1 Å². The lowest BCUT2D eigenvalue weighted by Crippen LogP contribution is -2.07. The van der Waals surface area contributed by atoms with Crippen LogP contribution in [0.3, 0.4) is 0 Å². The molecule has 0 aliphatic heterocycles. The molecule has 0 aromatic carbocycles. The van der Waals surface area contributed by atoms with Crippen LogP contribution in [0.1, 0.15) is 23.4 Å². The highest BCUT2D eigenvalue weighted by Gasteiger charge is 2.15. The first-order valence-corrected chi connectivity index (χ1v) is 5.34. The van der Waals surface area contributed by atoms with Crippen molar-refractivity contribution in [2.75, 3.05) is 33.5 Å².